The summed E-state index contributed by atoms with van der Waals surface area (Å²) in [6, 6.07) is -0.714. The summed E-state index contributed by atoms with van der Waals surface area (Å²) in [6.45, 7) is 5.52. The van der Waals surface area contributed by atoms with E-state index in [0.29, 0.717) is 4.47 Å². The van der Waals surface area contributed by atoms with Crippen LogP contribution in [0.25, 0.3) is 0 Å². The van der Waals surface area contributed by atoms with Gasteiger partial charge in [0.2, 0.25) is 0 Å². The molecule has 0 saturated heterocycles. The zero-order chi connectivity index (χ0) is 13.9. The van der Waals surface area contributed by atoms with Crippen molar-refractivity contribution in [3.63, 3.8) is 0 Å². The third-order valence-corrected chi connectivity index (χ3v) is 3.23. The van der Waals surface area contributed by atoms with Gasteiger partial charge in [-0.3, -0.25) is 9.89 Å². The third-order valence-electron chi connectivity index (χ3n) is 2.43. The minimum Gasteiger partial charge on any atom is -0.467 e. The quantitative estimate of drug-likeness (QED) is 0.826. The summed E-state index contributed by atoms with van der Waals surface area (Å²) < 4.78 is 5.15. The summed E-state index contributed by atoms with van der Waals surface area (Å²) in [7, 11) is 1.27. The van der Waals surface area contributed by atoms with Crippen LogP contribution in [0.5, 0.6) is 0 Å². The molecule has 18 heavy (non-hydrogen) atoms. The highest BCUT2D eigenvalue weighted by molar-refractivity contribution is 9.10. The molecule has 0 aliphatic carbocycles. The number of halogens is 1. The number of esters is 1. The highest BCUT2D eigenvalue weighted by atomic mass is 79.9. The molecular formula is C11H16BrN3O3. The van der Waals surface area contributed by atoms with Gasteiger partial charge in [-0.2, -0.15) is 5.10 Å². The predicted molar refractivity (Wildman–Crippen MR) is 69.3 cm³/mol. The molecule has 0 bridgehead atoms. The van der Waals surface area contributed by atoms with E-state index in [4.69, 9.17) is 0 Å². The minimum atomic E-state index is -0.714. The summed E-state index contributed by atoms with van der Waals surface area (Å²) in [4.78, 5) is 23.1. The Kier molecular flexibility index (Phi) is 4.89. The first-order chi connectivity index (χ1) is 8.38. The van der Waals surface area contributed by atoms with E-state index in [2.05, 4.69) is 36.2 Å². The summed E-state index contributed by atoms with van der Waals surface area (Å²) in [5.74, 6) is -0.714. The second kappa shape index (κ2) is 5.99. The van der Waals surface area contributed by atoms with Crippen molar-refractivity contribution in [3.8, 4) is 0 Å². The molecular weight excluding hydrogens is 302 g/mol. The topological polar surface area (TPSA) is 84.1 Å². The number of hydrogen-bond donors (Lipinski definition) is 2. The molecule has 2 N–H and O–H groups in total. The van der Waals surface area contributed by atoms with E-state index in [9.17, 15) is 9.59 Å². The molecule has 0 radical (unpaired) electrons. The van der Waals surface area contributed by atoms with Crippen molar-refractivity contribution >= 4 is 27.8 Å². The molecule has 0 saturated carbocycles. The van der Waals surface area contributed by atoms with Crippen LogP contribution >= 0.6 is 15.9 Å². The fourth-order valence-corrected chi connectivity index (χ4v) is 2.19. The van der Waals surface area contributed by atoms with Gasteiger partial charge in [-0.05, 0) is 28.8 Å². The lowest BCUT2D eigenvalue weighted by molar-refractivity contribution is -0.142. The summed E-state index contributed by atoms with van der Waals surface area (Å²) in [5, 5.41) is 9.25. The molecule has 0 aromatic carbocycles. The van der Waals surface area contributed by atoms with Gasteiger partial charge in [0, 0.05) is 0 Å². The van der Waals surface area contributed by atoms with Crippen molar-refractivity contribution in [1.82, 2.24) is 15.5 Å². The van der Waals surface area contributed by atoms with Crippen LogP contribution in [0.15, 0.2) is 4.47 Å². The second-order valence-corrected chi connectivity index (χ2v) is 4.97. The van der Waals surface area contributed by atoms with E-state index < -0.39 is 17.9 Å². The number of ether oxygens (including phenoxy) is 1. The molecule has 1 amide bonds. The lowest BCUT2D eigenvalue weighted by Crippen LogP contribution is -2.39. The fourth-order valence-electron chi connectivity index (χ4n) is 1.38. The second-order valence-electron chi connectivity index (χ2n) is 4.17. The van der Waals surface area contributed by atoms with Crippen LogP contribution in [0.3, 0.4) is 0 Å². The lowest BCUT2D eigenvalue weighted by atomic mass is 10.1. The van der Waals surface area contributed by atoms with Crippen LogP contribution in [0.1, 0.15) is 42.9 Å². The van der Waals surface area contributed by atoms with E-state index in [1.165, 1.54) is 7.11 Å². The first-order valence-corrected chi connectivity index (χ1v) is 6.30. The van der Waals surface area contributed by atoms with Gasteiger partial charge in [0.05, 0.1) is 17.3 Å². The van der Waals surface area contributed by atoms with Crippen LogP contribution in [0, 0.1) is 0 Å². The summed E-state index contributed by atoms with van der Waals surface area (Å²) in [6.07, 6.45) is 0. The number of methoxy groups -OCH3 is 1. The van der Waals surface area contributed by atoms with Crippen LogP contribution in [-0.4, -0.2) is 35.2 Å². The SMILES string of the molecule is COC(=O)[C@H](C)NC(=O)c1n[nH]c(C(C)C)c1Br. The van der Waals surface area contributed by atoms with Gasteiger partial charge in [-0.1, -0.05) is 13.8 Å². The normalized spacial score (nSPS) is 12.3. The maximum Gasteiger partial charge on any atom is 0.328 e. The molecule has 1 atom stereocenters. The van der Waals surface area contributed by atoms with Crippen LogP contribution in [-0.2, 0) is 9.53 Å². The monoisotopic (exact) mass is 317 g/mol. The van der Waals surface area contributed by atoms with Crippen molar-refractivity contribution in [3.05, 3.63) is 15.9 Å². The number of carbonyl (C=O) groups excluding carboxylic acids is 2. The standard InChI is InChI=1S/C11H16BrN3O3/c1-5(2)8-7(12)9(15-14-8)10(16)13-6(3)11(17)18-4/h5-6H,1-4H3,(H,13,16)(H,14,15)/t6-/m0/s1. The smallest absolute Gasteiger partial charge is 0.328 e. The Morgan fingerprint density at radius 2 is 2.00 bits per heavy atom. The minimum absolute atomic E-state index is 0.214. The number of nitrogens with one attached hydrogen (secondary N) is 2. The number of carbonyl (C=O) groups is 2. The van der Waals surface area contributed by atoms with Gasteiger partial charge < -0.3 is 10.1 Å². The molecule has 1 aromatic heterocycles. The number of amides is 1. The molecule has 1 heterocycles. The van der Waals surface area contributed by atoms with Crippen molar-refractivity contribution in [2.45, 2.75) is 32.7 Å². The first-order valence-electron chi connectivity index (χ1n) is 5.50. The molecule has 0 fully saturated rings. The van der Waals surface area contributed by atoms with E-state index >= 15 is 0 Å². The summed E-state index contributed by atoms with van der Waals surface area (Å²) >= 11 is 3.33. The Bertz CT molecular complexity index is 456. The number of nitrogens with zero attached hydrogens (tertiary/aromatic N) is 1. The van der Waals surface area contributed by atoms with Gasteiger partial charge in [0.15, 0.2) is 5.69 Å². The van der Waals surface area contributed by atoms with Crippen molar-refractivity contribution in [2.75, 3.05) is 7.11 Å². The number of aromatic amines is 1. The molecule has 0 spiro atoms. The predicted octanol–water partition coefficient (Wildman–Crippen LogP) is 1.59. The van der Waals surface area contributed by atoms with Crippen molar-refractivity contribution in [1.29, 1.82) is 0 Å². The van der Waals surface area contributed by atoms with E-state index in [1.807, 2.05) is 13.8 Å². The Morgan fingerprint density at radius 1 is 1.39 bits per heavy atom. The average molecular weight is 318 g/mol. The highest BCUT2D eigenvalue weighted by Gasteiger charge is 2.22. The summed E-state index contributed by atoms with van der Waals surface area (Å²) in [5.41, 5.74) is 1.07. The first kappa shape index (κ1) is 14.7. The zero-order valence-electron chi connectivity index (χ0n) is 10.7. The maximum absolute atomic E-state index is 11.9. The largest absolute Gasteiger partial charge is 0.467 e. The lowest BCUT2D eigenvalue weighted by Gasteiger charge is -2.10. The Hall–Kier alpha value is -1.37. The number of hydrogen-bond acceptors (Lipinski definition) is 4. The molecule has 0 aliphatic rings. The average Bonchev–Trinajstić information content (AvgIpc) is 2.69. The molecule has 1 aromatic rings. The molecule has 1 rings (SSSR count). The Balaban J connectivity index is 2.82. The number of aromatic nitrogens is 2. The van der Waals surface area contributed by atoms with Crippen molar-refractivity contribution < 1.29 is 14.3 Å². The Labute approximate surface area is 114 Å². The van der Waals surface area contributed by atoms with Gasteiger partial charge >= 0.3 is 5.97 Å². The van der Waals surface area contributed by atoms with E-state index in [1.54, 1.807) is 6.92 Å². The molecule has 100 valence electrons. The highest BCUT2D eigenvalue weighted by Crippen LogP contribution is 2.25. The Morgan fingerprint density at radius 3 is 2.44 bits per heavy atom. The van der Waals surface area contributed by atoms with Crippen LogP contribution in [0.2, 0.25) is 0 Å². The van der Waals surface area contributed by atoms with E-state index in [0.717, 1.165) is 5.69 Å². The van der Waals surface area contributed by atoms with Crippen LogP contribution in [0.4, 0.5) is 0 Å². The maximum atomic E-state index is 11.9. The van der Waals surface area contributed by atoms with Gasteiger partial charge in [-0.25, -0.2) is 4.79 Å². The van der Waals surface area contributed by atoms with E-state index in [-0.39, 0.29) is 11.6 Å². The van der Waals surface area contributed by atoms with Crippen molar-refractivity contribution in [2.24, 2.45) is 0 Å². The van der Waals surface area contributed by atoms with Gasteiger partial charge in [0.1, 0.15) is 6.04 Å². The van der Waals surface area contributed by atoms with Crippen LogP contribution < -0.4 is 5.32 Å². The zero-order valence-corrected chi connectivity index (χ0v) is 12.3. The molecule has 0 unspecified atom stereocenters. The molecule has 0 aliphatic heterocycles. The van der Waals surface area contributed by atoms with Gasteiger partial charge in [-0.15, -0.1) is 0 Å². The number of rotatable bonds is 4. The fraction of sp³-hybridized carbons (Fsp3) is 0.545. The molecule has 7 heteroatoms. The third kappa shape index (κ3) is 3.10. The van der Waals surface area contributed by atoms with Gasteiger partial charge in [0.25, 0.3) is 5.91 Å². The molecule has 6 nitrogen and oxygen atoms in total. The number of H-pyrrole nitrogens is 1.